The van der Waals surface area contributed by atoms with Crippen molar-refractivity contribution in [1.29, 1.82) is 0 Å². The Kier molecular flexibility index (Phi) is 8.29. The van der Waals surface area contributed by atoms with Crippen LogP contribution >= 0.6 is 0 Å². The topological polar surface area (TPSA) is 75.7 Å². The van der Waals surface area contributed by atoms with Gasteiger partial charge in [0.15, 0.2) is 0 Å². The molecule has 1 N–H and O–H groups in total. The molecule has 0 aliphatic heterocycles. The van der Waals surface area contributed by atoms with E-state index in [0.29, 0.717) is 18.7 Å². The Bertz CT molecular complexity index is 956. The van der Waals surface area contributed by atoms with E-state index >= 15 is 0 Å². The summed E-state index contributed by atoms with van der Waals surface area (Å²) in [4.78, 5) is 12.4. The highest BCUT2D eigenvalue weighted by atomic mass is 32.2. The fraction of sp³-hybridized carbons (Fsp3) is 0.435. The third kappa shape index (κ3) is 6.76. The molecule has 0 saturated carbocycles. The fourth-order valence-electron chi connectivity index (χ4n) is 3.25. The lowest BCUT2D eigenvalue weighted by Crippen LogP contribution is -2.33. The molecule has 0 aromatic heterocycles. The van der Waals surface area contributed by atoms with Gasteiger partial charge in [0.2, 0.25) is 15.9 Å². The van der Waals surface area contributed by atoms with E-state index in [2.05, 4.69) is 5.32 Å². The molecule has 0 radical (unpaired) electrons. The summed E-state index contributed by atoms with van der Waals surface area (Å²) in [7, 11) is -3.44. The molecule has 0 spiro atoms. The molecule has 0 aliphatic rings. The molecule has 0 bridgehead atoms. The number of rotatable bonds is 10. The lowest BCUT2D eigenvalue weighted by atomic mass is 10.1. The van der Waals surface area contributed by atoms with Crippen LogP contribution in [0.1, 0.15) is 49.4 Å². The van der Waals surface area contributed by atoms with E-state index in [1.165, 1.54) is 10.6 Å². The van der Waals surface area contributed by atoms with Crippen LogP contribution in [0.15, 0.2) is 42.5 Å². The van der Waals surface area contributed by atoms with Crippen molar-refractivity contribution in [3.63, 3.8) is 0 Å². The molecule has 2 aromatic rings. The van der Waals surface area contributed by atoms with Crippen LogP contribution in [-0.4, -0.2) is 33.7 Å². The van der Waals surface area contributed by atoms with Crippen molar-refractivity contribution in [3.8, 4) is 5.75 Å². The maximum absolute atomic E-state index is 12.4. The summed E-state index contributed by atoms with van der Waals surface area (Å²) in [6, 6.07) is 13.2. The average molecular weight is 433 g/mol. The summed E-state index contributed by atoms with van der Waals surface area (Å²) >= 11 is 0. The molecular formula is C23H32N2O4S. The van der Waals surface area contributed by atoms with Gasteiger partial charge in [-0.05, 0) is 69.0 Å². The van der Waals surface area contributed by atoms with E-state index in [0.717, 1.165) is 22.4 Å². The summed E-state index contributed by atoms with van der Waals surface area (Å²) < 4.78 is 31.5. The van der Waals surface area contributed by atoms with Gasteiger partial charge in [-0.2, -0.15) is 0 Å². The Balaban J connectivity index is 1.94. The minimum absolute atomic E-state index is 0.106. The minimum Gasteiger partial charge on any atom is -0.494 e. The normalized spacial score (nSPS) is 12.3. The van der Waals surface area contributed by atoms with Crippen LogP contribution in [0.25, 0.3) is 0 Å². The first-order valence-corrected chi connectivity index (χ1v) is 12.0. The maximum atomic E-state index is 12.4. The van der Waals surface area contributed by atoms with Gasteiger partial charge in [0.25, 0.3) is 0 Å². The van der Waals surface area contributed by atoms with E-state index in [-0.39, 0.29) is 24.9 Å². The Morgan fingerprint density at radius 3 is 2.40 bits per heavy atom. The number of carbonyl (C=O) groups is 1. The summed E-state index contributed by atoms with van der Waals surface area (Å²) in [6.07, 6.45) is 1.88. The van der Waals surface area contributed by atoms with Crippen molar-refractivity contribution >= 4 is 21.6 Å². The molecule has 7 heteroatoms. The first kappa shape index (κ1) is 23.7. The Morgan fingerprint density at radius 1 is 1.13 bits per heavy atom. The lowest BCUT2D eigenvalue weighted by Gasteiger charge is -2.24. The predicted molar refractivity (Wildman–Crippen MR) is 122 cm³/mol. The second kappa shape index (κ2) is 10.5. The second-order valence-corrected chi connectivity index (χ2v) is 9.43. The number of sulfonamides is 1. The number of benzene rings is 2. The first-order valence-electron chi connectivity index (χ1n) is 10.2. The summed E-state index contributed by atoms with van der Waals surface area (Å²) in [5, 5.41) is 2.97. The van der Waals surface area contributed by atoms with Crippen LogP contribution < -0.4 is 14.4 Å². The van der Waals surface area contributed by atoms with Crippen molar-refractivity contribution in [2.45, 2.75) is 46.6 Å². The number of hydrogen-bond acceptors (Lipinski definition) is 4. The molecule has 1 atom stereocenters. The zero-order valence-corrected chi connectivity index (χ0v) is 19.3. The molecule has 1 amide bonds. The van der Waals surface area contributed by atoms with Crippen molar-refractivity contribution in [2.24, 2.45) is 0 Å². The SMILES string of the molecule is CCOc1ccc(C(C)NC(=O)CCCN(c2cc(C)ccc2C)S(C)(=O)=O)cc1. The molecular weight excluding hydrogens is 400 g/mol. The van der Waals surface area contributed by atoms with Crippen LogP contribution in [-0.2, 0) is 14.8 Å². The number of nitrogens with zero attached hydrogens (tertiary/aromatic N) is 1. The van der Waals surface area contributed by atoms with E-state index < -0.39 is 10.0 Å². The highest BCUT2D eigenvalue weighted by molar-refractivity contribution is 7.92. The number of nitrogens with one attached hydrogen (secondary N) is 1. The van der Waals surface area contributed by atoms with E-state index in [1.807, 2.05) is 70.2 Å². The van der Waals surface area contributed by atoms with Gasteiger partial charge in [-0.3, -0.25) is 9.10 Å². The van der Waals surface area contributed by atoms with Gasteiger partial charge in [-0.1, -0.05) is 24.3 Å². The van der Waals surface area contributed by atoms with Crippen LogP contribution in [0.4, 0.5) is 5.69 Å². The molecule has 0 aliphatic carbocycles. The van der Waals surface area contributed by atoms with Gasteiger partial charge in [0.05, 0.1) is 24.6 Å². The largest absolute Gasteiger partial charge is 0.494 e. The van der Waals surface area contributed by atoms with Crippen molar-refractivity contribution in [1.82, 2.24) is 5.32 Å². The van der Waals surface area contributed by atoms with Crippen molar-refractivity contribution < 1.29 is 17.9 Å². The Hall–Kier alpha value is -2.54. The zero-order chi connectivity index (χ0) is 22.3. The number of ether oxygens (including phenoxy) is 1. The van der Waals surface area contributed by atoms with Crippen LogP contribution in [0.2, 0.25) is 0 Å². The monoisotopic (exact) mass is 432 g/mol. The third-order valence-electron chi connectivity index (χ3n) is 4.87. The standard InChI is InChI=1S/C23H32N2O4S/c1-6-29-21-13-11-20(12-14-21)19(4)24-23(26)8-7-15-25(30(5,27)28)22-16-17(2)9-10-18(22)3/h9-14,16,19H,6-8,15H2,1-5H3,(H,24,26). The summed E-state index contributed by atoms with van der Waals surface area (Å²) in [5.74, 6) is 0.692. The van der Waals surface area contributed by atoms with Crippen molar-refractivity contribution in [3.05, 3.63) is 59.2 Å². The fourth-order valence-corrected chi connectivity index (χ4v) is 4.27. The number of amides is 1. The van der Waals surface area contributed by atoms with Gasteiger partial charge in [0, 0.05) is 13.0 Å². The number of carbonyl (C=O) groups excluding carboxylic acids is 1. The summed E-state index contributed by atoms with van der Waals surface area (Å²) in [5.41, 5.74) is 3.53. The minimum atomic E-state index is -3.44. The highest BCUT2D eigenvalue weighted by Gasteiger charge is 2.20. The smallest absolute Gasteiger partial charge is 0.232 e. The van der Waals surface area contributed by atoms with Gasteiger partial charge in [0.1, 0.15) is 5.75 Å². The molecule has 2 rings (SSSR count). The van der Waals surface area contributed by atoms with Gasteiger partial charge in [-0.15, -0.1) is 0 Å². The molecule has 2 aromatic carbocycles. The lowest BCUT2D eigenvalue weighted by molar-refractivity contribution is -0.121. The molecule has 30 heavy (non-hydrogen) atoms. The number of anilines is 1. The summed E-state index contributed by atoms with van der Waals surface area (Å²) in [6.45, 7) is 8.54. The molecule has 164 valence electrons. The quantitative estimate of drug-likeness (QED) is 0.613. The van der Waals surface area contributed by atoms with Gasteiger partial charge >= 0.3 is 0 Å². The molecule has 1 unspecified atom stereocenters. The molecule has 6 nitrogen and oxygen atoms in total. The van der Waals surface area contributed by atoms with Gasteiger partial charge < -0.3 is 10.1 Å². The van der Waals surface area contributed by atoms with Crippen molar-refractivity contribution in [2.75, 3.05) is 23.7 Å². The van der Waals surface area contributed by atoms with E-state index in [9.17, 15) is 13.2 Å². The van der Waals surface area contributed by atoms with Crippen LogP contribution in [0.3, 0.4) is 0 Å². The average Bonchev–Trinajstić information content (AvgIpc) is 2.67. The highest BCUT2D eigenvalue weighted by Crippen LogP contribution is 2.24. The van der Waals surface area contributed by atoms with Crippen LogP contribution in [0, 0.1) is 13.8 Å². The first-order chi connectivity index (χ1) is 14.1. The molecule has 0 fully saturated rings. The third-order valence-corrected chi connectivity index (χ3v) is 6.05. The van der Waals surface area contributed by atoms with E-state index in [4.69, 9.17) is 4.74 Å². The molecule has 0 heterocycles. The predicted octanol–water partition coefficient (Wildman–Crippen LogP) is 4.13. The number of aryl methyl sites for hydroxylation is 2. The van der Waals surface area contributed by atoms with Gasteiger partial charge in [-0.25, -0.2) is 8.42 Å². The van der Waals surface area contributed by atoms with Crippen LogP contribution in [0.5, 0.6) is 5.75 Å². The zero-order valence-electron chi connectivity index (χ0n) is 18.4. The Morgan fingerprint density at radius 2 is 1.80 bits per heavy atom. The number of hydrogen-bond donors (Lipinski definition) is 1. The Labute approximate surface area is 180 Å². The maximum Gasteiger partial charge on any atom is 0.232 e. The van der Waals surface area contributed by atoms with E-state index in [1.54, 1.807) is 0 Å². The molecule has 0 saturated heterocycles. The second-order valence-electron chi connectivity index (χ2n) is 7.52.